The summed E-state index contributed by atoms with van der Waals surface area (Å²) in [5.41, 5.74) is 0.908. The first-order valence-electron chi connectivity index (χ1n) is 8.50. The minimum absolute atomic E-state index is 0.0279. The molecule has 5 heteroatoms. The number of carbonyl (C=O) groups excluding carboxylic acids is 2. The highest BCUT2D eigenvalue weighted by atomic mass is 16.2. The molecule has 2 fully saturated rings. The molecule has 2 saturated heterocycles. The molecule has 2 atom stereocenters. The maximum absolute atomic E-state index is 13.2. The van der Waals surface area contributed by atoms with Crippen LogP contribution in [0.25, 0.3) is 0 Å². The Morgan fingerprint density at radius 3 is 2.74 bits per heavy atom. The van der Waals surface area contributed by atoms with Crippen molar-refractivity contribution in [3.8, 4) is 0 Å². The highest BCUT2D eigenvalue weighted by molar-refractivity contribution is 5.89. The molecule has 0 bridgehead atoms. The first kappa shape index (κ1) is 16.0. The van der Waals surface area contributed by atoms with E-state index >= 15 is 0 Å². The summed E-state index contributed by atoms with van der Waals surface area (Å²) in [4.78, 5) is 29.2. The fraction of sp³-hybridized carbons (Fsp3) is 0.556. The number of likely N-dealkylation sites (tertiary alicyclic amines) is 1. The average Bonchev–Trinajstić information content (AvgIpc) is 3.11. The van der Waals surface area contributed by atoms with E-state index in [1.807, 2.05) is 42.3 Å². The summed E-state index contributed by atoms with van der Waals surface area (Å²) in [5, 5.41) is 3.30. The molecule has 0 radical (unpaired) electrons. The van der Waals surface area contributed by atoms with E-state index in [1.165, 1.54) is 0 Å². The van der Waals surface area contributed by atoms with Crippen LogP contribution in [0.2, 0.25) is 0 Å². The van der Waals surface area contributed by atoms with E-state index in [9.17, 15) is 9.59 Å². The number of likely N-dealkylation sites (N-methyl/N-ethyl adjacent to an activating group) is 1. The van der Waals surface area contributed by atoms with Gasteiger partial charge in [-0.3, -0.25) is 9.59 Å². The van der Waals surface area contributed by atoms with Gasteiger partial charge in [0.2, 0.25) is 11.8 Å². The number of piperidine rings is 1. The number of carbonyl (C=O) groups is 2. The Morgan fingerprint density at radius 2 is 2.09 bits per heavy atom. The maximum atomic E-state index is 13.2. The van der Waals surface area contributed by atoms with Crippen molar-refractivity contribution in [3.63, 3.8) is 0 Å². The molecule has 0 spiro atoms. The van der Waals surface area contributed by atoms with Crippen LogP contribution in [-0.2, 0) is 9.59 Å². The first-order chi connectivity index (χ1) is 11.2. The Labute approximate surface area is 137 Å². The van der Waals surface area contributed by atoms with E-state index in [-0.39, 0.29) is 17.9 Å². The van der Waals surface area contributed by atoms with Crippen molar-refractivity contribution < 1.29 is 9.59 Å². The minimum Gasteiger partial charge on any atom is -0.339 e. The molecular weight excluding hydrogens is 290 g/mol. The smallest absolute Gasteiger partial charge is 0.250 e. The standard InChI is InChI=1S/C18H25N3O2/c1-20(15-10-11-19-13-15)18(23)17(14-7-3-2-4-8-14)21-12-6-5-9-16(21)22/h2-4,7-8,15,17,19H,5-6,9-13H2,1H3. The van der Waals surface area contributed by atoms with Crippen LogP contribution in [0.3, 0.4) is 0 Å². The lowest BCUT2D eigenvalue weighted by atomic mass is 9.99. The normalized spacial score (nSPS) is 22.9. The molecule has 124 valence electrons. The molecule has 0 aromatic heterocycles. The fourth-order valence-electron chi connectivity index (χ4n) is 3.53. The van der Waals surface area contributed by atoms with Crippen LogP contribution in [0.4, 0.5) is 0 Å². The third kappa shape index (κ3) is 3.39. The van der Waals surface area contributed by atoms with Gasteiger partial charge < -0.3 is 15.1 Å². The van der Waals surface area contributed by atoms with Gasteiger partial charge >= 0.3 is 0 Å². The van der Waals surface area contributed by atoms with Crippen molar-refractivity contribution in [1.29, 1.82) is 0 Å². The molecule has 0 aliphatic carbocycles. The number of amides is 2. The third-order valence-electron chi connectivity index (χ3n) is 4.95. The summed E-state index contributed by atoms with van der Waals surface area (Å²) >= 11 is 0. The molecule has 0 saturated carbocycles. The van der Waals surface area contributed by atoms with E-state index < -0.39 is 6.04 Å². The van der Waals surface area contributed by atoms with Gasteiger partial charge in [-0.2, -0.15) is 0 Å². The van der Waals surface area contributed by atoms with E-state index in [0.717, 1.165) is 37.9 Å². The lowest BCUT2D eigenvalue weighted by Crippen LogP contribution is -2.49. The molecule has 23 heavy (non-hydrogen) atoms. The van der Waals surface area contributed by atoms with Crippen molar-refractivity contribution in [2.24, 2.45) is 0 Å². The summed E-state index contributed by atoms with van der Waals surface area (Å²) in [6.45, 7) is 2.44. The zero-order valence-electron chi connectivity index (χ0n) is 13.7. The van der Waals surface area contributed by atoms with Crippen LogP contribution in [0.1, 0.15) is 37.3 Å². The molecule has 2 unspecified atom stereocenters. The zero-order chi connectivity index (χ0) is 16.2. The molecular formula is C18H25N3O2. The molecule has 2 amide bonds. The van der Waals surface area contributed by atoms with Crippen molar-refractivity contribution in [2.45, 2.75) is 37.8 Å². The van der Waals surface area contributed by atoms with E-state index in [1.54, 1.807) is 4.90 Å². The van der Waals surface area contributed by atoms with Crippen LogP contribution in [0, 0.1) is 0 Å². The number of nitrogens with one attached hydrogen (secondary N) is 1. The number of benzene rings is 1. The van der Waals surface area contributed by atoms with E-state index in [2.05, 4.69) is 5.32 Å². The van der Waals surface area contributed by atoms with Crippen molar-refractivity contribution in [2.75, 3.05) is 26.7 Å². The molecule has 3 rings (SSSR count). The summed E-state index contributed by atoms with van der Waals surface area (Å²) < 4.78 is 0. The van der Waals surface area contributed by atoms with Crippen LogP contribution in [0.5, 0.6) is 0 Å². The van der Waals surface area contributed by atoms with Gasteiger partial charge in [0.05, 0.1) is 0 Å². The van der Waals surface area contributed by atoms with Crippen molar-refractivity contribution >= 4 is 11.8 Å². The van der Waals surface area contributed by atoms with Crippen LogP contribution in [-0.4, -0.2) is 54.3 Å². The average molecular weight is 315 g/mol. The quantitative estimate of drug-likeness (QED) is 0.917. The molecule has 1 N–H and O–H groups in total. The Hall–Kier alpha value is -1.88. The van der Waals surface area contributed by atoms with Crippen molar-refractivity contribution in [3.05, 3.63) is 35.9 Å². The highest BCUT2D eigenvalue weighted by Crippen LogP contribution is 2.28. The number of rotatable bonds is 4. The summed E-state index contributed by atoms with van der Waals surface area (Å²) in [7, 11) is 1.87. The lowest BCUT2D eigenvalue weighted by molar-refractivity contribution is -0.148. The van der Waals surface area contributed by atoms with Gasteiger partial charge in [-0.05, 0) is 31.4 Å². The summed E-state index contributed by atoms with van der Waals surface area (Å²) in [6, 6.07) is 9.43. The van der Waals surface area contributed by atoms with Crippen LogP contribution < -0.4 is 5.32 Å². The monoisotopic (exact) mass is 315 g/mol. The van der Waals surface area contributed by atoms with Gasteiger partial charge in [-0.25, -0.2) is 0 Å². The molecule has 1 aromatic carbocycles. The van der Waals surface area contributed by atoms with Crippen LogP contribution in [0.15, 0.2) is 30.3 Å². The molecule has 2 heterocycles. The van der Waals surface area contributed by atoms with E-state index in [4.69, 9.17) is 0 Å². The van der Waals surface area contributed by atoms with Crippen LogP contribution >= 0.6 is 0 Å². The summed E-state index contributed by atoms with van der Waals surface area (Å²) in [6.07, 6.45) is 3.41. The predicted octanol–water partition coefficient (Wildman–Crippen LogP) is 1.56. The number of nitrogens with zero attached hydrogens (tertiary/aromatic N) is 2. The van der Waals surface area contributed by atoms with Crippen molar-refractivity contribution in [1.82, 2.24) is 15.1 Å². The van der Waals surface area contributed by atoms with Gasteiger partial charge in [0.15, 0.2) is 0 Å². The SMILES string of the molecule is CN(C(=O)C(c1ccccc1)N1CCCCC1=O)C1CCNC1. The van der Waals surface area contributed by atoms with Gasteiger partial charge in [0.25, 0.3) is 0 Å². The summed E-state index contributed by atoms with van der Waals surface area (Å²) in [5.74, 6) is 0.122. The van der Waals surface area contributed by atoms with Gasteiger partial charge in [0.1, 0.15) is 6.04 Å². The Morgan fingerprint density at radius 1 is 1.30 bits per heavy atom. The molecule has 2 aliphatic heterocycles. The largest absolute Gasteiger partial charge is 0.339 e. The Balaban J connectivity index is 1.88. The first-order valence-corrected chi connectivity index (χ1v) is 8.50. The third-order valence-corrected chi connectivity index (χ3v) is 4.95. The number of hydrogen-bond donors (Lipinski definition) is 1. The van der Waals surface area contributed by atoms with E-state index in [0.29, 0.717) is 13.0 Å². The fourth-order valence-corrected chi connectivity index (χ4v) is 3.53. The molecule has 1 aromatic rings. The maximum Gasteiger partial charge on any atom is 0.250 e. The van der Waals surface area contributed by atoms with Gasteiger partial charge in [-0.1, -0.05) is 30.3 Å². The topological polar surface area (TPSA) is 52.7 Å². The second-order valence-electron chi connectivity index (χ2n) is 6.45. The predicted molar refractivity (Wildman–Crippen MR) is 88.8 cm³/mol. The molecule has 5 nitrogen and oxygen atoms in total. The molecule has 2 aliphatic rings. The highest BCUT2D eigenvalue weighted by Gasteiger charge is 2.36. The minimum atomic E-state index is -0.491. The Bertz CT molecular complexity index is 555. The van der Waals surface area contributed by atoms with Gasteiger partial charge in [-0.15, -0.1) is 0 Å². The Kier molecular flexibility index (Phi) is 4.96. The second kappa shape index (κ2) is 7.13. The van der Waals surface area contributed by atoms with Gasteiger partial charge in [0, 0.05) is 32.6 Å². The second-order valence-corrected chi connectivity index (χ2v) is 6.45. The zero-order valence-corrected chi connectivity index (χ0v) is 13.7. The number of hydrogen-bond acceptors (Lipinski definition) is 3. The lowest BCUT2D eigenvalue weighted by Gasteiger charge is -2.37.